The van der Waals surface area contributed by atoms with Gasteiger partial charge in [-0.2, -0.15) is 0 Å². The average Bonchev–Trinajstić information content (AvgIpc) is 2.77. The smallest absolute Gasteiger partial charge is 0.129 e. The van der Waals surface area contributed by atoms with Crippen LogP contribution in [-0.4, -0.2) is 29.5 Å². The van der Waals surface area contributed by atoms with E-state index in [2.05, 4.69) is 16.9 Å². The molecule has 1 aromatic heterocycles. The van der Waals surface area contributed by atoms with Crippen LogP contribution >= 0.6 is 11.6 Å². The molecule has 1 aliphatic rings. The summed E-state index contributed by atoms with van der Waals surface area (Å²) < 4.78 is 0. The summed E-state index contributed by atoms with van der Waals surface area (Å²) in [7, 11) is 2.15. The lowest BCUT2D eigenvalue weighted by molar-refractivity contribution is 0.191. The van der Waals surface area contributed by atoms with E-state index in [-0.39, 0.29) is 0 Å². The van der Waals surface area contributed by atoms with Crippen LogP contribution in [0.1, 0.15) is 25.0 Å². The van der Waals surface area contributed by atoms with Crippen LogP contribution in [0, 0.1) is 5.92 Å². The summed E-state index contributed by atoms with van der Waals surface area (Å²) in [5.74, 6) is 0.638. The number of pyridine rings is 1. The van der Waals surface area contributed by atoms with Crippen molar-refractivity contribution >= 4 is 11.6 Å². The number of hydrogen-bond acceptors (Lipinski definition) is 3. The Morgan fingerprint density at radius 1 is 1.47 bits per heavy atom. The molecule has 0 aliphatic heterocycles. The van der Waals surface area contributed by atoms with Gasteiger partial charge in [0, 0.05) is 12.6 Å². The molecule has 4 heteroatoms. The van der Waals surface area contributed by atoms with Crippen molar-refractivity contribution < 1.29 is 0 Å². The molecule has 0 bridgehead atoms. The topological polar surface area (TPSA) is 42.2 Å². The largest absolute Gasteiger partial charge is 0.330 e. The van der Waals surface area contributed by atoms with Crippen LogP contribution in [0.3, 0.4) is 0 Å². The summed E-state index contributed by atoms with van der Waals surface area (Å²) >= 11 is 5.89. The monoisotopic (exact) mass is 253 g/mol. The van der Waals surface area contributed by atoms with E-state index in [4.69, 9.17) is 17.3 Å². The molecule has 2 atom stereocenters. The molecular formula is C13H20ClN3. The van der Waals surface area contributed by atoms with E-state index in [1.54, 1.807) is 0 Å². The first-order valence-corrected chi connectivity index (χ1v) is 6.60. The Balaban J connectivity index is 1.99. The molecule has 2 N–H and O–H groups in total. The zero-order chi connectivity index (χ0) is 12.3. The van der Waals surface area contributed by atoms with Gasteiger partial charge in [0.25, 0.3) is 0 Å². The van der Waals surface area contributed by atoms with Crippen molar-refractivity contribution in [2.24, 2.45) is 11.7 Å². The summed E-state index contributed by atoms with van der Waals surface area (Å²) in [5, 5.41) is 0.567. The minimum Gasteiger partial charge on any atom is -0.330 e. The lowest BCUT2D eigenvalue weighted by Gasteiger charge is -2.28. The van der Waals surface area contributed by atoms with Gasteiger partial charge in [0.15, 0.2) is 0 Å². The van der Waals surface area contributed by atoms with Crippen LogP contribution < -0.4 is 5.73 Å². The van der Waals surface area contributed by atoms with Gasteiger partial charge in [-0.15, -0.1) is 0 Å². The number of aromatic nitrogens is 1. The Labute approximate surface area is 108 Å². The molecule has 1 fully saturated rings. The van der Waals surface area contributed by atoms with E-state index in [1.165, 1.54) is 19.3 Å². The number of rotatable bonds is 4. The maximum atomic E-state index is 5.89. The summed E-state index contributed by atoms with van der Waals surface area (Å²) in [6.45, 7) is 1.64. The first kappa shape index (κ1) is 12.8. The second-order valence-corrected chi connectivity index (χ2v) is 5.25. The van der Waals surface area contributed by atoms with E-state index in [0.29, 0.717) is 17.1 Å². The Bertz CT molecular complexity index is 369. The van der Waals surface area contributed by atoms with Crippen molar-refractivity contribution in [3.63, 3.8) is 0 Å². The molecule has 17 heavy (non-hydrogen) atoms. The van der Waals surface area contributed by atoms with Crippen molar-refractivity contribution in [3.8, 4) is 0 Å². The number of hydrogen-bond donors (Lipinski definition) is 1. The predicted molar refractivity (Wildman–Crippen MR) is 70.9 cm³/mol. The fourth-order valence-corrected chi connectivity index (χ4v) is 2.96. The van der Waals surface area contributed by atoms with Crippen molar-refractivity contribution in [3.05, 3.63) is 29.0 Å². The minimum absolute atomic E-state index is 0.567. The highest BCUT2D eigenvalue weighted by Gasteiger charge is 2.29. The van der Waals surface area contributed by atoms with Crippen molar-refractivity contribution in [1.29, 1.82) is 0 Å². The number of nitrogens with two attached hydrogens (primary N) is 1. The summed E-state index contributed by atoms with van der Waals surface area (Å²) in [6, 6.07) is 6.38. The van der Waals surface area contributed by atoms with Gasteiger partial charge in [0.2, 0.25) is 0 Å². The second-order valence-electron chi connectivity index (χ2n) is 4.86. The van der Waals surface area contributed by atoms with Gasteiger partial charge >= 0.3 is 0 Å². The van der Waals surface area contributed by atoms with E-state index in [1.807, 2.05) is 18.2 Å². The summed E-state index contributed by atoms with van der Waals surface area (Å²) in [4.78, 5) is 6.69. The standard InChI is InChI=1S/C13H20ClN3/c1-17(12-6-2-4-10(12)8-15)9-11-5-3-7-13(14)16-11/h3,5,7,10,12H,2,4,6,8-9,15H2,1H3. The van der Waals surface area contributed by atoms with Crippen LogP contribution in [0.4, 0.5) is 0 Å². The number of halogens is 1. The van der Waals surface area contributed by atoms with Gasteiger partial charge in [0.1, 0.15) is 5.15 Å². The summed E-state index contributed by atoms with van der Waals surface area (Å²) in [5.41, 5.74) is 6.85. The maximum absolute atomic E-state index is 5.89. The van der Waals surface area contributed by atoms with Gasteiger partial charge in [-0.05, 0) is 44.5 Å². The molecule has 1 aromatic rings. The first-order valence-electron chi connectivity index (χ1n) is 6.22. The fourth-order valence-electron chi connectivity index (χ4n) is 2.78. The SMILES string of the molecule is CN(Cc1cccc(Cl)n1)C1CCCC1CN. The molecule has 0 saturated heterocycles. The number of nitrogens with zero attached hydrogens (tertiary/aromatic N) is 2. The van der Waals surface area contributed by atoms with Gasteiger partial charge in [-0.1, -0.05) is 24.1 Å². The third-order valence-corrected chi connectivity index (χ3v) is 3.88. The van der Waals surface area contributed by atoms with Crippen LogP contribution in [0.25, 0.3) is 0 Å². The fraction of sp³-hybridized carbons (Fsp3) is 0.615. The lowest BCUT2D eigenvalue weighted by Crippen LogP contribution is -2.37. The highest BCUT2D eigenvalue weighted by atomic mass is 35.5. The normalized spacial score (nSPS) is 24.5. The van der Waals surface area contributed by atoms with E-state index in [0.717, 1.165) is 18.8 Å². The minimum atomic E-state index is 0.567. The molecular weight excluding hydrogens is 234 g/mol. The molecule has 2 unspecified atom stereocenters. The van der Waals surface area contributed by atoms with E-state index >= 15 is 0 Å². The highest BCUT2D eigenvalue weighted by molar-refractivity contribution is 6.29. The van der Waals surface area contributed by atoms with Crippen molar-refractivity contribution in [2.45, 2.75) is 31.8 Å². The molecule has 1 heterocycles. The zero-order valence-corrected chi connectivity index (χ0v) is 11.0. The van der Waals surface area contributed by atoms with Gasteiger partial charge < -0.3 is 5.73 Å². The highest BCUT2D eigenvalue weighted by Crippen LogP contribution is 2.29. The average molecular weight is 254 g/mol. The third kappa shape index (κ3) is 3.18. The molecule has 94 valence electrons. The van der Waals surface area contributed by atoms with Crippen LogP contribution in [-0.2, 0) is 6.54 Å². The maximum Gasteiger partial charge on any atom is 0.129 e. The van der Waals surface area contributed by atoms with Crippen molar-refractivity contribution in [1.82, 2.24) is 9.88 Å². The molecule has 0 radical (unpaired) electrons. The molecule has 1 saturated carbocycles. The van der Waals surface area contributed by atoms with E-state index < -0.39 is 0 Å². The molecule has 2 rings (SSSR count). The first-order chi connectivity index (χ1) is 8.20. The van der Waals surface area contributed by atoms with Crippen molar-refractivity contribution in [2.75, 3.05) is 13.6 Å². The Morgan fingerprint density at radius 2 is 2.29 bits per heavy atom. The van der Waals surface area contributed by atoms with Gasteiger partial charge in [-0.25, -0.2) is 4.98 Å². The molecule has 1 aliphatic carbocycles. The lowest BCUT2D eigenvalue weighted by atomic mass is 10.0. The quantitative estimate of drug-likeness (QED) is 0.838. The molecule has 0 aromatic carbocycles. The van der Waals surface area contributed by atoms with Crippen LogP contribution in [0.2, 0.25) is 5.15 Å². The second kappa shape index (κ2) is 5.80. The molecule has 3 nitrogen and oxygen atoms in total. The Morgan fingerprint density at radius 3 is 3.00 bits per heavy atom. The third-order valence-electron chi connectivity index (χ3n) is 3.67. The summed E-state index contributed by atoms with van der Waals surface area (Å²) in [6.07, 6.45) is 3.80. The van der Waals surface area contributed by atoms with Crippen LogP contribution in [0.5, 0.6) is 0 Å². The molecule has 0 amide bonds. The molecule has 0 spiro atoms. The van der Waals surface area contributed by atoms with E-state index in [9.17, 15) is 0 Å². The van der Waals surface area contributed by atoms with Crippen LogP contribution in [0.15, 0.2) is 18.2 Å². The Kier molecular flexibility index (Phi) is 4.37. The Hall–Kier alpha value is -0.640. The zero-order valence-electron chi connectivity index (χ0n) is 10.3. The van der Waals surface area contributed by atoms with Gasteiger partial charge in [0.05, 0.1) is 5.69 Å². The predicted octanol–water partition coefficient (Wildman–Crippen LogP) is 2.29. The van der Waals surface area contributed by atoms with Gasteiger partial charge in [-0.3, -0.25) is 4.90 Å².